The number of carbonyl (C=O) groups excluding carboxylic acids is 3. The number of ketones is 1. The number of hydrogen-bond donors (Lipinski definition) is 1. The normalized spacial score (nSPS) is 10.3. The summed E-state index contributed by atoms with van der Waals surface area (Å²) in [4.78, 5) is 38.4. The van der Waals surface area contributed by atoms with E-state index in [9.17, 15) is 14.4 Å². The Kier molecular flexibility index (Phi) is 9.66. The van der Waals surface area contributed by atoms with E-state index in [1.807, 2.05) is 0 Å². The number of para-hydroxylation sites is 2. The van der Waals surface area contributed by atoms with Gasteiger partial charge in [-0.25, -0.2) is 4.79 Å². The summed E-state index contributed by atoms with van der Waals surface area (Å²) >= 11 is 3.34. The summed E-state index contributed by atoms with van der Waals surface area (Å²) in [5, 5.41) is 0. The van der Waals surface area contributed by atoms with Gasteiger partial charge in [0.1, 0.15) is 11.3 Å². The minimum Gasteiger partial charge on any atom is -0.462 e. The number of halogens is 1. The Morgan fingerprint density at radius 1 is 0.892 bits per heavy atom. The van der Waals surface area contributed by atoms with E-state index in [0.29, 0.717) is 24.0 Å². The summed E-state index contributed by atoms with van der Waals surface area (Å²) in [7, 11) is 0. The van der Waals surface area contributed by atoms with Crippen molar-refractivity contribution in [1.82, 2.24) is 0 Å². The second kappa shape index (κ2) is 13.1. The van der Waals surface area contributed by atoms with Gasteiger partial charge in [-0.1, -0.05) is 40.2 Å². The van der Waals surface area contributed by atoms with Gasteiger partial charge in [-0.15, -0.1) is 24.7 Å². The molecule has 0 fully saturated rings. The third kappa shape index (κ3) is 7.33. The molecule has 0 unspecified atom stereocenters. The van der Waals surface area contributed by atoms with E-state index in [2.05, 4.69) is 27.8 Å². The van der Waals surface area contributed by atoms with Crippen molar-refractivity contribution < 1.29 is 23.9 Å². The van der Waals surface area contributed by atoms with Crippen LogP contribution in [0.2, 0.25) is 0 Å². The molecule has 0 saturated carbocycles. The molecular weight excluding hydrogens is 534 g/mol. The van der Waals surface area contributed by atoms with Crippen LogP contribution in [0.5, 0.6) is 5.75 Å². The summed E-state index contributed by atoms with van der Waals surface area (Å²) < 4.78 is 11.7. The first-order chi connectivity index (χ1) is 17.8. The monoisotopic (exact) mass is 557 g/mol. The van der Waals surface area contributed by atoms with Gasteiger partial charge in [-0.05, 0) is 48.0 Å². The first kappa shape index (κ1) is 27.3. The van der Waals surface area contributed by atoms with Gasteiger partial charge in [0.05, 0.1) is 13.0 Å². The first-order valence-electron chi connectivity index (χ1n) is 11.4. The van der Waals surface area contributed by atoms with Crippen LogP contribution in [0, 0.1) is 30.6 Å². The number of esters is 2. The van der Waals surface area contributed by atoms with E-state index >= 15 is 0 Å². The van der Waals surface area contributed by atoms with Crippen molar-refractivity contribution in [2.24, 2.45) is 5.92 Å². The molecule has 7 heteroatoms. The molecule has 3 aromatic carbocycles. The van der Waals surface area contributed by atoms with E-state index in [1.165, 1.54) is 12.1 Å². The maximum Gasteiger partial charge on any atom is 0.341 e. The number of terminal acetylenes is 2. The van der Waals surface area contributed by atoms with Crippen LogP contribution in [0.3, 0.4) is 0 Å². The highest BCUT2D eigenvalue weighted by molar-refractivity contribution is 9.10. The van der Waals surface area contributed by atoms with Crippen molar-refractivity contribution in [2.75, 3.05) is 12.3 Å². The van der Waals surface area contributed by atoms with Crippen LogP contribution in [-0.2, 0) is 16.0 Å². The number of benzene rings is 3. The second-order valence-electron chi connectivity index (χ2n) is 8.14. The molecule has 2 N–H and O–H groups in total. The van der Waals surface area contributed by atoms with Gasteiger partial charge in [0, 0.05) is 40.0 Å². The summed E-state index contributed by atoms with van der Waals surface area (Å²) in [6.07, 6.45) is 11.2. The quantitative estimate of drug-likeness (QED) is 0.120. The Balaban J connectivity index is 1.71. The van der Waals surface area contributed by atoms with Crippen molar-refractivity contribution >= 4 is 39.3 Å². The smallest absolute Gasteiger partial charge is 0.341 e. The van der Waals surface area contributed by atoms with Crippen molar-refractivity contribution in [2.45, 2.75) is 19.3 Å². The highest BCUT2D eigenvalue weighted by atomic mass is 79.9. The van der Waals surface area contributed by atoms with E-state index in [-0.39, 0.29) is 47.3 Å². The third-order valence-corrected chi connectivity index (χ3v) is 6.00. The van der Waals surface area contributed by atoms with Gasteiger partial charge in [-0.3, -0.25) is 9.59 Å². The van der Waals surface area contributed by atoms with Crippen molar-refractivity contribution in [3.63, 3.8) is 0 Å². The number of nitrogens with two attached hydrogens (primary N) is 1. The fraction of sp³-hybridized carbons (Fsp3) is 0.167. The highest BCUT2D eigenvalue weighted by Crippen LogP contribution is 2.24. The van der Waals surface area contributed by atoms with Crippen LogP contribution < -0.4 is 10.5 Å². The lowest BCUT2D eigenvalue weighted by molar-refractivity contribution is -0.133. The Hall–Kier alpha value is -4.33. The molecule has 0 atom stereocenters. The molecule has 3 aromatic rings. The maximum absolute atomic E-state index is 12.9. The molecule has 6 nitrogen and oxygen atoms in total. The fourth-order valence-electron chi connectivity index (χ4n) is 3.56. The van der Waals surface area contributed by atoms with Gasteiger partial charge < -0.3 is 15.2 Å². The number of hydrogen-bond acceptors (Lipinski definition) is 6. The topological polar surface area (TPSA) is 95.7 Å². The van der Waals surface area contributed by atoms with E-state index in [1.54, 1.807) is 54.6 Å². The van der Waals surface area contributed by atoms with Crippen LogP contribution in [-0.4, -0.2) is 24.3 Å². The lowest BCUT2D eigenvalue weighted by Gasteiger charge is -2.14. The third-order valence-electron chi connectivity index (χ3n) is 5.48. The molecule has 0 spiro atoms. The SMILES string of the molecule is C#CCC(CC#C)COC(=O)c1ccccc1OC(=O)Cc1cccc(C(=O)c2ccc(Br)cc2)c1N. The van der Waals surface area contributed by atoms with E-state index in [0.717, 1.165) is 4.47 Å². The molecule has 0 aromatic heterocycles. The van der Waals surface area contributed by atoms with Gasteiger partial charge in [0.15, 0.2) is 5.78 Å². The number of rotatable bonds is 10. The molecule has 0 aliphatic carbocycles. The average Bonchev–Trinajstić information content (AvgIpc) is 2.89. The predicted octanol–water partition coefficient (Wildman–Crippen LogP) is 5.23. The Labute approximate surface area is 224 Å². The average molecular weight is 558 g/mol. The molecular formula is C30H24BrNO5. The van der Waals surface area contributed by atoms with Gasteiger partial charge in [0.25, 0.3) is 0 Å². The molecule has 186 valence electrons. The minimum atomic E-state index is -0.663. The summed E-state index contributed by atoms with van der Waals surface area (Å²) in [6, 6.07) is 18.0. The number of carbonyl (C=O) groups is 3. The number of nitrogen functional groups attached to an aromatic ring is 1. The predicted molar refractivity (Wildman–Crippen MR) is 145 cm³/mol. The molecule has 0 bridgehead atoms. The summed E-state index contributed by atoms with van der Waals surface area (Å²) in [5.74, 6) is 3.33. The second-order valence-corrected chi connectivity index (χ2v) is 9.06. The van der Waals surface area contributed by atoms with Crippen molar-refractivity contribution in [3.8, 4) is 30.4 Å². The van der Waals surface area contributed by atoms with Crippen LogP contribution in [0.4, 0.5) is 5.69 Å². The minimum absolute atomic E-state index is 0.0450. The standard InChI is InChI=1S/C30H24BrNO5/c1-3-8-20(9-4-2)19-36-30(35)24-11-5-6-13-26(24)37-27(33)18-22-10-7-12-25(28(22)32)29(34)21-14-16-23(31)17-15-21/h1-2,5-7,10-17,20H,8-9,18-19,32H2. The zero-order valence-corrected chi connectivity index (χ0v) is 21.5. The number of anilines is 1. The van der Waals surface area contributed by atoms with E-state index < -0.39 is 11.9 Å². The Morgan fingerprint density at radius 2 is 1.54 bits per heavy atom. The molecule has 3 rings (SSSR count). The maximum atomic E-state index is 12.9. The molecule has 0 saturated heterocycles. The van der Waals surface area contributed by atoms with Gasteiger partial charge in [0.2, 0.25) is 0 Å². The van der Waals surface area contributed by atoms with Crippen LogP contribution in [0.1, 0.15) is 44.7 Å². The lowest BCUT2D eigenvalue weighted by Crippen LogP contribution is -2.18. The van der Waals surface area contributed by atoms with Crippen molar-refractivity contribution in [1.29, 1.82) is 0 Å². The zero-order valence-electron chi connectivity index (χ0n) is 19.9. The van der Waals surface area contributed by atoms with E-state index in [4.69, 9.17) is 28.1 Å². The van der Waals surface area contributed by atoms with Crippen LogP contribution in [0.15, 0.2) is 71.2 Å². The molecule has 0 heterocycles. The van der Waals surface area contributed by atoms with Gasteiger partial charge >= 0.3 is 11.9 Å². The fourth-order valence-corrected chi connectivity index (χ4v) is 3.82. The molecule has 37 heavy (non-hydrogen) atoms. The summed E-state index contributed by atoms with van der Waals surface area (Å²) in [6.45, 7) is 0.0469. The Morgan fingerprint density at radius 3 is 2.22 bits per heavy atom. The number of ether oxygens (including phenoxy) is 2. The highest BCUT2D eigenvalue weighted by Gasteiger charge is 2.20. The Bertz CT molecular complexity index is 1370. The largest absolute Gasteiger partial charge is 0.462 e. The van der Waals surface area contributed by atoms with Crippen molar-refractivity contribution in [3.05, 3.63) is 93.5 Å². The molecule has 0 amide bonds. The summed E-state index contributed by atoms with van der Waals surface area (Å²) in [5.41, 5.74) is 7.70. The lowest BCUT2D eigenvalue weighted by atomic mass is 9.98. The molecule has 0 aliphatic heterocycles. The van der Waals surface area contributed by atoms with Gasteiger partial charge in [-0.2, -0.15) is 0 Å². The zero-order chi connectivity index (χ0) is 26.8. The molecule has 0 aliphatic rings. The first-order valence-corrected chi connectivity index (χ1v) is 12.1. The van der Waals surface area contributed by atoms with Crippen LogP contribution >= 0.6 is 15.9 Å². The van der Waals surface area contributed by atoms with Crippen LogP contribution in [0.25, 0.3) is 0 Å². The molecule has 0 radical (unpaired) electrons.